The van der Waals surface area contributed by atoms with Crippen LogP contribution in [0.3, 0.4) is 0 Å². The highest BCUT2D eigenvalue weighted by Crippen LogP contribution is 2.42. The fourth-order valence-corrected chi connectivity index (χ4v) is 4.02. The van der Waals surface area contributed by atoms with E-state index in [-0.39, 0.29) is 18.2 Å². The van der Waals surface area contributed by atoms with E-state index in [1.807, 2.05) is 24.3 Å². The van der Waals surface area contributed by atoms with Crippen LogP contribution >= 0.6 is 11.6 Å². The van der Waals surface area contributed by atoms with E-state index in [2.05, 4.69) is 9.97 Å². The van der Waals surface area contributed by atoms with E-state index >= 15 is 0 Å². The smallest absolute Gasteiger partial charge is 0.241 e. The zero-order valence-corrected chi connectivity index (χ0v) is 17.9. The summed E-state index contributed by atoms with van der Waals surface area (Å²) in [5.41, 5.74) is 14.5. The van der Waals surface area contributed by atoms with Gasteiger partial charge in [0.2, 0.25) is 5.91 Å². The summed E-state index contributed by atoms with van der Waals surface area (Å²) in [7, 11) is 0. The lowest BCUT2D eigenvalue weighted by atomic mass is 9.93. The summed E-state index contributed by atoms with van der Waals surface area (Å²) in [6.07, 6.45) is 4.78. The van der Waals surface area contributed by atoms with Gasteiger partial charge >= 0.3 is 0 Å². The van der Waals surface area contributed by atoms with E-state index < -0.39 is 6.04 Å². The van der Waals surface area contributed by atoms with Crippen molar-refractivity contribution in [1.82, 2.24) is 9.97 Å². The highest BCUT2D eigenvalue weighted by Gasteiger charge is 2.31. The van der Waals surface area contributed by atoms with Crippen LogP contribution in [-0.4, -0.2) is 27.5 Å². The van der Waals surface area contributed by atoms with Crippen LogP contribution in [0.1, 0.15) is 22.7 Å². The molecule has 7 nitrogen and oxygen atoms in total. The SMILES string of the molecule is NCC(=O)N(c1cccnc1)C(c1ccc(CN)cc1)c1cc(Cl)c2cccnc2c1O. The van der Waals surface area contributed by atoms with Crippen molar-refractivity contribution in [2.45, 2.75) is 12.6 Å². The number of nitrogens with zero attached hydrogens (tertiary/aromatic N) is 3. The van der Waals surface area contributed by atoms with Crippen LogP contribution < -0.4 is 16.4 Å². The maximum atomic E-state index is 13.1. The van der Waals surface area contributed by atoms with Gasteiger partial charge in [-0.25, -0.2) is 0 Å². The van der Waals surface area contributed by atoms with Gasteiger partial charge in [0.15, 0.2) is 0 Å². The molecule has 1 amide bonds. The number of carbonyl (C=O) groups excluding carboxylic acids is 1. The number of hydrogen-bond acceptors (Lipinski definition) is 6. The molecule has 0 aliphatic carbocycles. The Morgan fingerprint density at radius 1 is 1.09 bits per heavy atom. The number of aromatic nitrogens is 2. The van der Waals surface area contributed by atoms with Gasteiger partial charge in [-0.2, -0.15) is 0 Å². The number of anilines is 1. The van der Waals surface area contributed by atoms with Gasteiger partial charge in [0.05, 0.1) is 29.5 Å². The van der Waals surface area contributed by atoms with Gasteiger partial charge < -0.3 is 16.6 Å². The fourth-order valence-electron chi connectivity index (χ4n) is 3.75. The van der Waals surface area contributed by atoms with Crippen molar-refractivity contribution in [3.63, 3.8) is 0 Å². The Morgan fingerprint density at radius 3 is 2.50 bits per heavy atom. The fraction of sp³-hybridized carbons (Fsp3) is 0.125. The molecule has 0 spiro atoms. The number of fused-ring (bicyclic) bond motifs is 1. The molecule has 5 N–H and O–H groups in total. The predicted molar refractivity (Wildman–Crippen MR) is 125 cm³/mol. The maximum Gasteiger partial charge on any atom is 0.241 e. The van der Waals surface area contributed by atoms with E-state index in [0.29, 0.717) is 33.7 Å². The second-order valence-corrected chi connectivity index (χ2v) is 7.63. The summed E-state index contributed by atoms with van der Waals surface area (Å²) in [5, 5.41) is 12.3. The lowest BCUT2D eigenvalue weighted by Crippen LogP contribution is -2.39. The number of pyridine rings is 2. The molecule has 32 heavy (non-hydrogen) atoms. The molecule has 2 aromatic carbocycles. The predicted octanol–water partition coefficient (Wildman–Crippen LogP) is 3.53. The Balaban J connectivity index is 2.01. The summed E-state index contributed by atoms with van der Waals surface area (Å²) in [4.78, 5) is 23.1. The average Bonchev–Trinajstić information content (AvgIpc) is 2.85. The van der Waals surface area contributed by atoms with Crippen LogP contribution in [0.4, 0.5) is 5.69 Å². The lowest BCUT2D eigenvalue weighted by molar-refractivity contribution is -0.117. The summed E-state index contributed by atoms with van der Waals surface area (Å²) in [5.74, 6) is -0.404. The topological polar surface area (TPSA) is 118 Å². The highest BCUT2D eigenvalue weighted by molar-refractivity contribution is 6.35. The molecule has 162 valence electrons. The van der Waals surface area contributed by atoms with Crippen molar-refractivity contribution >= 4 is 34.1 Å². The first-order chi connectivity index (χ1) is 15.5. The first-order valence-corrected chi connectivity index (χ1v) is 10.4. The van der Waals surface area contributed by atoms with Gasteiger partial charge in [0.25, 0.3) is 0 Å². The third kappa shape index (κ3) is 4.01. The highest BCUT2D eigenvalue weighted by atomic mass is 35.5. The number of aromatic hydroxyl groups is 1. The number of carbonyl (C=O) groups is 1. The Hall–Kier alpha value is -3.52. The number of halogens is 1. The summed E-state index contributed by atoms with van der Waals surface area (Å²) >= 11 is 6.57. The van der Waals surface area contributed by atoms with Gasteiger partial charge in [0, 0.05) is 29.9 Å². The van der Waals surface area contributed by atoms with E-state index in [4.69, 9.17) is 23.1 Å². The number of amides is 1. The number of nitrogens with two attached hydrogens (primary N) is 2. The van der Waals surface area contributed by atoms with Crippen molar-refractivity contribution in [3.05, 3.63) is 94.9 Å². The Labute approximate surface area is 190 Å². The molecule has 4 rings (SSSR count). The minimum atomic E-state index is -0.731. The van der Waals surface area contributed by atoms with Crippen LogP contribution in [-0.2, 0) is 11.3 Å². The molecule has 0 aliphatic heterocycles. The number of hydrogen-bond donors (Lipinski definition) is 3. The molecule has 0 saturated carbocycles. The third-order valence-corrected chi connectivity index (χ3v) is 5.61. The normalized spacial score (nSPS) is 12.0. The van der Waals surface area contributed by atoms with Crippen LogP contribution in [0.15, 0.2) is 73.2 Å². The van der Waals surface area contributed by atoms with Crippen molar-refractivity contribution < 1.29 is 9.90 Å². The molecule has 4 aromatic rings. The summed E-state index contributed by atoms with van der Waals surface area (Å²) in [6.45, 7) is 0.155. The molecular formula is C24H22ClN5O2. The lowest BCUT2D eigenvalue weighted by Gasteiger charge is -2.33. The molecule has 1 atom stereocenters. The van der Waals surface area contributed by atoms with Gasteiger partial charge in [-0.15, -0.1) is 0 Å². The Morgan fingerprint density at radius 2 is 1.84 bits per heavy atom. The monoisotopic (exact) mass is 447 g/mol. The second-order valence-electron chi connectivity index (χ2n) is 7.22. The number of phenols is 1. The first kappa shape index (κ1) is 21.7. The van der Waals surface area contributed by atoms with Crippen LogP contribution in [0.2, 0.25) is 5.02 Å². The van der Waals surface area contributed by atoms with Gasteiger partial charge in [-0.3, -0.25) is 19.7 Å². The van der Waals surface area contributed by atoms with Gasteiger partial charge in [0.1, 0.15) is 11.3 Å². The first-order valence-electron chi connectivity index (χ1n) is 10.0. The third-order valence-electron chi connectivity index (χ3n) is 5.30. The summed E-state index contributed by atoms with van der Waals surface area (Å²) in [6, 6.07) is 15.5. The van der Waals surface area contributed by atoms with Crippen molar-refractivity contribution in [1.29, 1.82) is 0 Å². The number of rotatable bonds is 6. The standard InChI is InChI=1S/C24H22ClN5O2/c25-20-11-19(24(32)22-18(20)4-2-10-29-22)23(16-7-5-15(12-26)6-8-16)30(21(31)13-27)17-3-1-9-28-14-17/h1-11,14,23,32H,12-13,26-27H2. The molecular weight excluding hydrogens is 426 g/mol. The van der Waals surface area contributed by atoms with E-state index in [9.17, 15) is 9.90 Å². The van der Waals surface area contributed by atoms with E-state index in [0.717, 1.165) is 11.1 Å². The van der Waals surface area contributed by atoms with E-state index in [1.165, 1.54) is 4.90 Å². The maximum absolute atomic E-state index is 13.1. The van der Waals surface area contributed by atoms with Crippen LogP contribution in [0, 0.1) is 0 Å². The molecule has 2 heterocycles. The molecule has 0 saturated heterocycles. The zero-order valence-electron chi connectivity index (χ0n) is 17.1. The molecule has 2 aromatic heterocycles. The average molecular weight is 448 g/mol. The quantitative estimate of drug-likeness (QED) is 0.416. The molecule has 0 fully saturated rings. The molecule has 0 aliphatic rings. The molecule has 1 unspecified atom stereocenters. The van der Waals surface area contributed by atoms with Gasteiger partial charge in [-0.1, -0.05) is 35.9 Å². The van der Waals surface area contributed by atoms with Crippen molar-refractivity contribution in [2.24, 2.45) is 11.5 Å². The number of phenolic OH excluding ortho intramolecular Hbond substituents is 1. The van der Waals surface area contributed by atoms with Crippen molar-refractivity contribution in [3.8, 4) is 5.75 Å². The van der Waals surface area contributed by atoms with E-state index in [1.54, 1.807) is 48.9 Å². The van der Waals surface area contributed by atoms with Crippen molar-refractivity contribution in [2.75, 3.05) is 11.4 Å². The minimum Gasteiger partial charge on any atom is -0.505 e. The molecule has 8 heteroatoms. The Bertz CT molecular complexity index is 1250. The summed E-state index contributed by atoms with van der Waals surface area (Å²) < 4.78 is 0. The Kier molecular flexibility index (Phi) is 6.32. The van der Waals surface area contributed by atoms with Gasteiger partial charge in [-0.05, 0) is 41.5 Å². The zero-order chi connectivity index (χ0) is 22.7. The second kappa shape index (κ2) is 9.32. The minimum absolute atomic E-state index is 0.0587. The van der Waals surface area contributed by atoms with Crippen LogP contribution in [0.25, 0.3) is 10.9 Å². The largest absolute Gasteiger partial charge is 0.505 e. The molecule has 0 bridgehead atoms. The number of benzene rings is 2. The van der Waals surface area contributed by atoms with Crippen LogP contribution in [0.5, 0.6) is 5.75 Å². The molecule has 0 radical (unpaired) electrons.